The van der Waals surface area contributed by atoms with Crippen LogP contribution in [0.5, 0.6) is 0 Å². The number of para-hydroxylation sites is 1. The van der Waals surface area contributed by atoms with Crippen LogP contribution in [0, 0.1) is 0 Å². The Kier molecular flexibility index (Phi) is 6.58. The highest BCUT2D eigenvalue weighted by molar-refractivity contribution is 6.36. The predicted octanol–water partition coefficient (Wildman–Crippen LogP) is 3.43. The predicted molar refractivity (Wildman–Crippen MR) is 106 cm³/mol. The second-order valence-electron chi connectivity index (χ2n) is 6.24. The Morgan fingerprint density at radius 3 is 2.15 bits per heavy atom. The second kappa shape index (κ2) is 9.11. The molecule has 0 N–H and O–H groups in total. The van der Waals surface area contributed by atoms with Crippen molar-refractivity contribution >= 4 is 40.8 Å². The van der Waals surface area contributed by atoms with Crippen LogP contribution in [-0.2, 0) is 20.7 Å². The van der Waals surface area contributed by atoms with Crippen LogP contribution in [-0.4, -0.2) is 49.6 Å². The Morgan fingerprint density at radius 1 is 0.889 bits per heavy atom. The fraction of sp³-hybridized carbons (Fsp3) is 0.300. The van der Waals surface area contributed by atoms with E-state index in [0.717, 1.165) is 18.8 Å². The molecule has 0 saturated carbocycles. The zero-order chi connectivity index (χ0) is 19.2. The minimum Gasteiger partial charge on any atom is -0.455 e. The highest BCUT2D eigenvalue weighted by Gasteiger charge is 2.22. The van der Waals surface area contributed by atoms with Crippen LogP contribution in [0.2, 0.25) is 10.0 Å². The summed E-state index contributed by atoms with van der Waals surface area (Å²) in [4.78, 5) is 28.3. The van der Waals surface area contributed by atoms with Gasteiger partial charge in [-0.3, -0.25) is 9.59 Å². The number of nitrogens with zero attached hydrogens (tertiary/aromatic N) is 2. The lowest BCUT2D eigenvalue weighted by Gasteiger charge is -2.36. The summed E-state index contributed by atoms with van der Waals surface area (Å²) in [6, 6.07) is 15.1. The van der Waals surface area contributed by atoms with E-state index in [2.05, 4.69) is 17.0 Å². The fourth-order valence-corrected chi connectivity index (χ4v) is 3.51. The minimum atomic E-state index is -0.527. The number of hydrogen-bond donors (Lipinski definition) is 0. The van der Waals surface area contributed by atoms with Gasteiger partial charge in [-0.25, -0.2) is 0 Å². The van der Waals surface area contributed by atoms with Crippen LogP contribution < -0.4 is 4.90 Å². The maximum Gasteiger partial charge on any atom is 0.310 e. The number of carbonyl (C=O) groups excluding carboxylic acids is 2. The van der Waals surface area contributed by atoms with E-state index in [9.17, 15) is 9.59 Å². The van der Waals surface area contributed by atoms with E-state index in [1.54, 1.807) is 23.1 Å². The Bertz CT molecular complexity index is 786. The van der Waals surface area contributed by atoms with Gasteiger partial charge in [0.25, 0.3) is 5.91 Å². The summed E-state index contributed by atoms with van der Waals surface area (Å²) in [7, 11) is 0. The molecule has 27 heavy (non-hydrogen) atoms. The van der Waals surface area contributed by atoms with E-state index >= 15 is 0 Å². The second-order valence-corrected chi connectivity index (χ2v) is 7.06. The number of anilines is 1. The minimum absolute atomic E-state index is 0.0619. The van der Waals surface area contributed by atoms with Gasteiger partial charge in [0.1, 0.15) is 0 Å². The van der Waals surface area contributed by atoms with Crippen LogP contribution in [0.4, 0.5) is 5.69 Å². The van der Waals surface area contributed by atoms with Crippen LogP contribution in [0.15, 0.2) is 48.5 Å². The summed E-state index contributed by atoms with van der Waals surface area (Å²) in [6.07, 6.45) is -0.0619. The van der Waals surface area contributed by atoms with Crippen molar-refractivity contribution < 1.29 is 14.3 Å². The number of amides is 1. The average Bonchev–Trinajstić information content (AvgIpc) is 2.70. The van der Waals surface area contributed by atoms with E-state index in [1.165, 1.54) is 0 Å². The number of hydrogen-bond acceptors (Lipinski definition) is 4. The molecule has 1 amide bonds. The molecule has 7 heteroatoms. The Labute approximate surface area is 168 Å². The number of carbonyl (C=O) groups is 2. The highest BCUT2D eigenvalue weighted by atomic mass is 35.5. The molecule has 0 spiro atoms. The third-order valence-corrected chi connectivity index (χ3v) is 5.20. The van der Waals surface area contributed by atoms with Crippen LogP contribution >= 0.6 is 23.2 Å². The number of ether oxygens (including phenoxy) is 1. The monoisotopic (exact) mass is 406 g/mol. The molecule has 0 unspecified atom stereocenters. The third-order valence-electron chi connectivity index (χ3n) is 4.49. The lowest BCUT2D eigenvalue weighted by Crippen LogP contribution is -2.49. The molecule has 1 saturated heterocycles. The molecule has 0 aliphatic carbocycles. The van der Waals surface area contributed by atoms with Crippen molar-refractivity contribution in [2.24, 2.45) is 0 Å². The standard InChI is InChI=1S/C20H20Cl2N2O3/c21-17-7-4-8-18(22)16(17)13-20(26)27-14-19(25)24-11-9-23(10-12-24)15-5-2-1-3-6-15/h1-8H,9-14H2. The molecule has 1 heterocycles. The van der Waals surface area contributed by atoms with Gasteiger partial charge in [0.05, 0.1) is 6.42 Å². The van der Waals surface area contributed by atoms with Gasteiger partial charge in [-0.15, -0.1) is 0 Å². The Morgan fingerprint density at radius 2 is 1.52 bits per heavy atom. The summed E-state index contributed by atoms with van der Waals surface area (Å²) in [5.41, 5.74) is 1.66. The first-order valence-corrected chi connectivity index (χ1v) is 9.46. The number of benzene rings is 2. The van der Waals surface area contributed by atoms with Crippen LogP contribution in [0.3, 0.4) is 0 Å². The van der Waals surface area contributed by atoms with Crippen molar-refractivity contribution in [2.45, 2.75) is 6.42 Å². The smallest absolute Gasteiger partial charge is 0.310 e. The molecule has 0 aromatic heterocycles. The van der Waals surface area contributed by atoms with Crippen molar-refractivity contribution in [3.63, 3.8) is 0 Å². The summed E-state index contributed by atoms with van der Waals surface area (Å²) in [5.74, 6) is -0.720. The van der Waals surface area contributed by atoms with E-state index in [1.807, 2.05) is 18.2 Å². The topological polar surface area (TPSA) is 49.9 Å². The normalized spacial score (nSPS) is 14.1. The quantitative estimate of drug-likeness (QED) is 0.713. The number of piperazine rings is 1. The van der Waals surface area contributed by atoms with E-state index in [-0.39, 0.29) is 18.9 Å². The summed E-state index contributed by atoms with van der Waals surface area (Å²) >= 11 is 12.1. The zero-order valence-electron chi connectivity index (χ0n) is 14.7. The van der Waals surface area contributed by atoms with Gasteiger partial charge in [-0.1, -0.05) is 47.5 Å². The lowest BCUT2D eigenvalue weighted by atomic mass is 10.1. The molecule has 1 fully saturated rings. The van der Waals surface area contributed by atoms with Crippen molar-refractivity contribution in [3.8, 4) is 0 Å². The lowest BCUT2D eigenvalue weighted by molar-refractivity contribution is -0.151. The number of halogens is 2. The molecule has 5 nitrogen and oxygen atoms in total. The zero-order valence-corrected chi connectivity index (χ0v) is 16.2. The van der Waals surface area contributed by atoms with Gasteiger partial charge in [-0.2, -0.15) is 0 Å². The first kappa shape index (κ1) is 19.5. The van der Waals surface area contributed by atoms with Gasteiger partial charge in [0.15, 0.2) is 6.61 Å². The SMILES string of the molecule is O=C(Cc1c(Cl)cccc1Cl)OCC(=O)N1CCN(c2ccccc2)CC1. The van der Waals surface area contributed by atoms with Gasteiger partial charge >= 0.3 is 5.97 Å². The molecule has 2 aromatic rings. The van der Waals surface area contributed by atoms with Gasteiger partial charge < -0.3 is 14.5 Å². The maximum absolute atomic E-state index is 12.3. The number of rotatable bonds is 5. The first-order chi connectivity index (χ1) is 13.0. The van der Waals surface area contributed by atoms with E-state index < -0.39 is 5.97 Å². The van der Waals surface area contributed by atoms with Crippen molar-refractivity contribution in [1.29, 1.82) is 0 Å². The molecule has 1 aliphatic rings. The van der Waals surface area contributed by atoms with Crippen LogP contribution in [0.25, 0.3) is 0 Å². The number of esters is 1. The third kappa shape index (κ3) is 5.15. The van der Waals surface area contributed by atoms with Crippen molar-refractivity contribution in [1.82, 2.24) is 4.90 Å². The maximum atomic E-state index is 12.3. The first-order valence-electron chi connectivity index (χ1n) is 8.71. The Hall–Kier alpha value is -2.24. The van der Waals surface area contributed by atoms with Gasteiger partial charge in [-0.05, 0) is 24.3 Å². The summed E-state index contributed by atoms with van der Waals surface area (Å²) < 4.78 is 5.12. The van der Waals surface area contributed by atoms with Crippen LogP contribution in [0.1, 0.15) is 5.56 Å². The molecule has 3 rings (SSSR count). The summed E-state index contributed by atoms with van der Waals surface area (Å²) in [6.45, 7) is 2.42. The molecule has 0 bridgehead atoms. The molecular weight excluding hydrogens is 387 g/mol. The molecule has 1 aliphatic heterocycles. The van der Waals surface area contributed by atoms with E-state index in [0.29, 0.717) is 28.7 Å². The average molecular weight is 407 g/mol. The molecule has 2 aromatic carbocycles. The largest absolute Gasteiger partial charge is 0.455 e. The molecule has 0 atom stereocenters. The highest BCUT2D eigenvalue weighted by Crippen LogP contribution is 2.25. The summed E-state index contributed by atoms with van der Waals surface area (Å²) in [5, 5.41) is 0.811. The van der Waals surface area contributed by atoms with E-state index in [4.69, 9.17) is 27.9 Å². The van der Waals surface area contributed by atoms with Crippen molar-refractivity contribution in [2.75, 3.05) is 37.7 Å². The fourth-order valence-electron chi connectivity index (χ4n) is 2.98. The van der Waals surface area contributed by atoms with Crippen molar-refractivity contribution in [3.05, 3.63) is 64.1 Å². The van der Waals surface area contributed by atoms with Gasteiger partial charge in [0, 0.05) is 47.5 Å². The Balaban J connectivity index is 1.45. The molecule has 142 valence electrons. The van der Waals surface area contributed by atoms with Gasteiger partial charge in [0.2, 0.25) is 0 Å². The molecule has 0 radical (unpaired) electrons. The molecular formula is C20H20Cl2N2O3.